The van der Waals surface area contributed by atoms with Crippen LogP contribution in [0.4, 0.5) is 0 Å². The number of amides is 1. The fraction of sp³-hybridized carbons (Fsp3) is 0.600. The zero-order valence-corrected chi connectivity index (χ0v) is 19.7. The van der Waals surface area contributed by atoms with E-state index in [2.05, 4.69) is 59.9 Å². The summed E-state index contributed by atoms with van der Waals surface area (Å²) in [5, 5.41) is 9.37. The van der Waals surface area contributed by atoms with Crippen molar-refractivity contribution in [1.82, 2.24) is 16.0 Å². The van der Waals surface area contributed by atoms with Crippen molar-refractivity contribution < 1.29 is 9.53 Å². The smallest absolute Gasteiger partial charge is 0.222 e. The minimum absolute atomic E-state index is 0. The molecule has 1 aromatic carbocycles. The van der Waals surface area contributed by atoms with Crippen molar-refractivity contribution >= 4 is 35.8 Å². The highest BCUT2D eigenvalue weighted by atomic mass is 127. The number of hydrogen-bond donors (Lipinski definition) is 3. The van der Waals surface area contributed by atoms with Gasteiger partial charge in [0.15, 0.2) is 5.96 Å². The molecule has 0 fully saturated rings. The fourth-order valence-corrected chi connectivity index (χ4v) is 2.19. The van der Waals surface area contributed by atoms with E-state index < -0.39 is 0 Å². The molecule has 1 amide bonds. The molecule has 154 valence electrons. The molecular formula is C20H35IN4O2. The van der Waals surface area contributed by atoms with E-state index in [1.54, 1.807) is 7.05 Å². The molecule has 0 spiro atoms. The van der Waals surface area contributed by atoms with Crippen LogP contribution in [0.2, 0.25) is 0 Å². The molecule has 0 aliphatic carbocycles. The first kappa shape index (κ1) is 25.5. The number of halogens is 1. The Morgan fingerprint density at radius 3 is 2.41 bits per heavy atom. The Morgan fingerprint density at radius 1 is 1.15 bits per heavy atom. The Morgan fingerprint density at radius 2 is 1.81 bits per heavy atom. The lowest BCUT2D eigenvalue weighted by Gasteiger charge is -2.18. The van der Waals surface area contributed by atoms with Gasteiger partial charge in [-0.25, -0.2) is 0 Å². The molecule has 1 atom stereocenters. The second kappa shape index (κ2) is 13.6. The molecule has 0 heterocycles. The normalized spacial score (nSPS) is 12.2. The van der Waals surface area contributed by atoms with Crippen LogP contribution < -0.4 is 20.7 Å². The highest BCUT2D eigenvalue weighted by molar-refractivity contribution is 14.0. The molecule has 0 radical (unpaired) electrons. The molecular weight excluding hydrogens is 455 g/mol. The quantitative estimate of drug-likeness (QED) is 0.215. The highest BCUT2D eigenvalue weighted by Crippen LogP contribution is 2.22. The molecule has 0 bridgehead atoms. The Hall–Kier alpha value is -1.51. The summed E-state index contributed by atoms with van der Waals surface area (Å²) in [7, 11) is 1.73. The van der Waals surface area contributed by atoms with Crippen molar-refractivity contribution in [2.45, 2.75) is 53.7 Å². The summed E-state index contributed by atoms with van der Waals surface area (Å²) in [6.45, 7) is 11.8. The highest BCUT2D eigenvalue weighted by Gasteiger charge is 2.09. The number of carbonyl (C=O) groups is 1. The van der Waals surface area contributed by atoms with E-state index in [0.29, 0.717) is 25.6 Å². The maximum atomic E-state index is 11.5. The topological polar surface area (TPSA) is 74.8 Å². The first-order valence-corrected chi connectivity index (χ1v) is 9.35. The van der Waals surface area contributed by atoms with E-state index in [4.69, 9.17) is 4.74 Å². The monoisotopic (exact) mass is 490 g/mol. The molecule has 7 heteroatoms. The minimum atomic E-state index is -0.00194. The second-order valence-corrected chi connectivity index (χ2v) is 6.75. The van der Waals surface area contributed by atoms with Crippen LogP contribution in [0.25, 0.3) is 0 Å². The largest absolute Gasteiger partial charge is 0.490 e. The van der Waals surface area contributed by atoms with Crippen molar-refractivity contribution in [2.75, 3.05) is 20.1 Å². The second-order valence-electron chi connectivity index (χ2n) is 6.75. The van der Waals surface area contributed by atoms with Gasteiger partial charge in [-0.15, -0.1) is 24.0 Å². The van der Waals surface area contributed by atoms with Gasteiger partial charge in [0, 0.05) is 38.2 Å². The Balaban J connectivity index is 0.00000676. The number of hydrogen-bond acceptors (Lipinski definition) is 3. The summed E-state index contributed by atoms with van der Waals surface area (Å²) in [6, 6.07) is 6.23. The number of aryl methyl sites for hydroxylation is 1. The molecule has 0 aliphatic rings. The Labute approximate surface area is 181 Å². The molecule has 27 heavy (non-hydrogen) atoms. The molecule has 1 rings (SSSR count). The zero-order chi connectivity index (χ0) is 19.5. The molecule has 0 saturated heterocycles. The fourth-order valence-electron chi connectivity index (χ4n) is 2.19. The van der Waals surface area contributed by atoms with Crippen LogP contribution >= 0.6 is 24.0 Å². The number of aliphatic imine (C=N–C) groups is 1. The van der Waals surface area contributed by atoms with Gasteiger partial charge in [-0.1, -0.05) is 32.9 Å². The van der Waals surface area contributed by atoms with Gasteiger partial charge in [-0.2, -0.15) is 0 Å². The molecule has 0 saturated carbocycles. The summed E-state index contributed by atoms with van der Waals surface area (Å²) < 4.78 is 6.04. The lowest BCUT2D eigenvalue weighted by Crippen LogP contribution is -2.41. The first-order chi connectivity index (χ1) is 12.4. The Kier molecular flexibility index (Phi) is 12.9. The molecule has 1 unspecified atom stereocenters. The third-order valence-electron chi connectivity index (χ3n) is 4.04. The molecule has 1 aromatic rings. The van der Waals surface area contributed by atoms with Crippen molar-refractivity contribution in [3.05, 3.63) is 29.3 Å². The van der Waals surface area contributed by atoms with E-state index in [9.17, 15) is 4.79 Å². The van der Waals surface area contributed by atoms with Gasteiger partial charge in [-0.3, -0.25) is 9.79 Å². The van der Waals surface area contributed by atoms with E-state index >= 15 is 0 Å². The molecule has 6 nitrogen and oxygen atoms in total. The maximum Gasteiger partial charge on any atom is 0.222 e. The van der Waals surface area contributed by atoms with Crippen LogP contribution in [0.1, 0.15) is 45.2 Å². The van der Waals surface area contributed by atoms with Crippen molar-refractivity contribution in [3.8, 4) is 5.75 Å². The van der Waals surface area contributed by atoms with Gasteiger partial charge < -0.3 is 20.7 Å². The maximum absolute atomic E-state index is 11.5. The van der Waals surface area contributed by atoms with Crippen LogP contribution in [0, 0.1) is 12.8 Å². The summed E-state index contributed by atoms with van der Waals surface area (Å²) in [4.78, 5) is 15.8. The lowest BCUT2D eigenvalue weighted by atomic mass is 10.1. The van der Waals surface area contributed by atoms with Crippen molar-refractivity contribution in [3.63, 3.8) is 0 Å². The van der Waals surface area contributed by atoms with Crippen LogP contribution in [-0.2, 0) is 11.3 Å². The molecule has 0 aliphatic heterocycles. The predicted molar refractivity (Wildman–Crippen MR) is 123 cm³/mol. The van der Waals surface area contributed by atoms with Crippen LogP contribution in [0.5, 0.6) is 5.75 Å². The molecule has 3 N–H and O–H groups in total. The molecule has 0 aromatic heterocycles. The van der Waals surface area contributed by atoms with Crippen molar-refractivity contribution in [2.24, 2.45) is 10.9 Å². The zero-order valence-electron chi connectivity index (χ0n) is 17.4. The van der Waals surface area contributed by atoms with Gasteiger partial charge in [-0.05, 0) is 31.9 Å². The predicted octanol–water partition coefficient (Wildman–Crippen LogP) is 3.23. The lowest BCUT2D eigenvalue weighted by molar-refractivity contribution is -0.123. The first-order valence-electron chi connectivity index (χ1n) is 9.35. The number of ether oxygens (including phenoxy) is 1. The number of rotatable bonds is 9. The summed E-state index contributed by atoms with van der Waals surface area (Å²) in [6.07, 6.45) is 1.14. The summed E-state index contributed by atoms with van der Waals surface area (Å²) in [5.41, 5.74) is 2.27. The van der Waals surface area contributed by atoms with E-state index in [1.165, 1.54) is 5.56 Å². The van der Waals surface area contributed by atoms with E-state index in [-0.39, 0.29) is 41.9 Å². The number of carbonyl (C=O) groups excluding carboxylic acids is 1. The Bertz CT molecular complexity index is 606. The number of nitrogens with one attached hydrogen (secondary N) is 3. The number of benzene rings is 1. The number of nitrogens with zero attached hydrogens (tertiary/aromatic N) is 1. The van der Waals surface area contributed by atoms with Crippen LogP contribution in [0.3, 0.4) is 0 Å². The van der Waals surface area contributed by atoms with Gasteiger partial charge >= 0.3 is 0 Å². The SMILES string of the molecule is CCC(C)Oc1cc(C)ccc1CNC(=NC)NCCNC(=O)C(C)C.I. The van der Waals surface area contributed by atoms with Gasteiger partial charge in [0.2, 0.25) is 5.91 Å². The minimum Gasteiger partial charge on any atom is -0.490 e. The van der Waals surface area contributed by atoms with E-state index in [0.717, 1.165) is 17.7 Å². The average molecular weight is 490 g/mol. The average Bonchev–Trinajstić information content (AvgIpc) is 2.61. The van der Waals surface area contributed by atoms with Crippen LogP contribution in [0.15, 0.2) is 23.2 Å². The third-order valence-corrected chi connectivity index (χ3v) is 4.04. The third kappa shape index (κ3) is 9.83. The summed E-state index contributed by atoms with van der Waals surface area (Å²) >= 11 is 0. The van der Waals surface area contributed by atoms with E-state index in [1.807, 2.05) is 13.8 Å². The van der Waals surface area contributed by atoms with Gasteiger partial charge in [0.1, 0.15) is 5.75 Å². The van der Waals surface area contributed by atoms with Gasteiger partial charge in [0.05, 0.1) is 6.10 Å². The summed E-state index contributed by atoms with van der Waals surface area (Å²) in [5.74, 6) is 1.66. The number of guanidine groups is 1. The standard InChI is InChI=1S/C20H34N4O2.HI/c1-7-16(5)26-18-12-15(4)8-9-17(18)13-24-20(21-6)23-11-10-22-19(25)14(2)3;/h8-9,12,14,16H,7,10-11,13H2,1-6H3,(H,22,25)(H2,21,23,24);1H. The van der Waals surface area contributed by atoms with Gasteiger partial charge in [0.25, 0.3) is 0 Å². The van der Waals surface area contributed by atoms with Crippen molar-refractivity contribution in [1.29, 1.82) is 0 Å². The van der Waals surface area contributed by atoms with Crippen LogP contribution in [-0.4, -0.2) is 38.1 Å².